The third-order valence-corrected chi connectivity index (χ3v) is 4.36. The third-order valence-electron chi connectivity index (χ3n) is 3.77. The molecule has 2 N–H and O–H groups in total. The Morgan fingerprint density at radius 2 is 1.96 bits per heavy atom. The van der Waals surface area contributed by atoms with Crippen LogP contribution in [0.15, 0.2) is 59.4 Å². The SMILES string of the molecule is O=C(Cn1c(-c2cscn2)nc2ccccc21)Nc1ccc(O)cc1. The number of phenolic OH excluding ortho intramolecular Hbond substituents is 1. The average molecular weight is 350 g/mol. The number of hydrogen-bond donors (Lipinski definition) is 2. The fourth-order valence-electron chi connectivity index (χ4n) is 2.64. The monoisotopic (exact) mass is 350 g/mol. The van der Waals surface area contributed by atoms with Gasteiger partial charge in [-0.05, 0) is 36.4 Å². The van der Waals surface area contributed by atoms with Crippen LogP contribution < -0.4 is 5.32 Å². The number of hydrogen-bond acceptors (Lipinski definition) is 5. The highest BCUT2D eigenvalue weighted by molar-refractivity contribution is 7.07. The van der Waals surface area contributed by atoms with E-state index in [-0.39, 0.29) is 18.2 Å². The molecule has 2 heterocycles. The number of amides is 1. The normalized spacial score (nSPS) is 10.9. The Morgan fingerprint density at radius 3 is 2.72 bits per heavy atom. The number of para-hydroxylation sites is 2. The number of fused-ring (bicyclic) bond motifs is 1. The molecule has 0 radical (unpaired) electrons. The summed E-state index contributed by atoms with van der Waals surface area (Å²) >= 11 is 1.49. The molecule has 4 aromatic rings. The maximum atomic E-state index is 12.5. The minimum atomic E-state index is -0.176. The Balaban J connectivity index is 1.67. The van der Waals surface area contributed by atoms with E-state index in [1.807, 2.05) is 34.2 Å². The molecule has 0 aliphatic rings. The number of thiazole rings is 1. The molecule has 4 rings (SSSR count). The summed E-state index contributed by atoms with van der Waals surface area (Å²) in [7, 11) is 0. The minimum absolute atomic E-state index is 0.119. The van der Waals surface area contributed by atoms with Crippen molar-refractivity contribution in [3.05, 3.63) is 59.4 Å². The molecule has 2 aromatic carbocycles. The van der Waals surface area contributed by atoms with Crippen molar-refractivity contribution in [2.24, 2.45) is 0 Å². The molecule has 0 spiro atoms. The van der Waals surface area contributed by atoms with Crippen molar-refractivity contribution in [3.8, 4) is 17.3 Å². The molecule has 0 aliphatic heterocycles. The van der Waals surface area contributed by atoms with Crippen LogP contribution in [0.5, 0.6) is 5.75 Å². The van der Waals surface area contributed by atoms with E-state index in [1.165, 1.54) is 23.5 Å². The number of carbonyl (C=O) groups excluding carboxylic acids is 1. The average Bonchev–Trinajstić information content (AvgIpc) is 3.25. The molecular weight excluding hydrogens is 336 g/mol. The highest BCUT2D eigenvalue weighted by atomic mass is 32.1. The van der Waals surface area contributed by atoms with Crippen molar-refractivity contribution in [1.29, 1.82) is 0 Å². The number of aromatic hydroxyl groups is 1. The van der Waals surface area contributed by atoms with Crippen LogP contribution in [0.3, 0.4) is 0 Å². The van der Waals surface area contributed by atoms with Crippen LogP contribution in [-0.4, -0.2) is 25.5 Å². The van der Waals surface area contributed by atoms with Gasteiger partial charge in [0.15, 0.2) is 5.82 Å². The topological polar surface area (TPSA) is 80.0 Å². The fraction of sp³-hybridized carbons (Fsp3) is 0.0556. The van der Waals surface area contributed by atoms with Crippen LogP contribution in [-0.2, 0) is 11.3 Å². The van der Waals surface area contributed by atoms with Crippen molar-refractivity contribution in [2.45, 2.75) is 6.54 Å². The largest absolute Gasteiger partial charge is 0.508 e. The summed E-state index contributed by atoms with van der Waals surface area (Å²) in [6.07, 6.45) is 0. The highest BCUT2D eigenvalue weighted by Crippen LogP contribution is 2.24. The van der Waals surface area contributed by atoms with Gasteiger partial charge >= 0.3 is 0 Å². The molecule has 0 unspecified atom stereocenters. The van der Waals surface area contributed by atoms with Gasteiger partial charge in [0.05, 0.1) is 16.5 Å². The molecule has 0 fully saturated rings. The second kappa shape index (κ2) is 6.37. The molecule has 0 saturated carbocycles. The molecule has 0 bridgehead atoms. The number of nitrogens with zero attached hydrogens (tertiary/aromatic N) is 3. The maximum absolute atomic E-state index is 12.5. The highest BCUT2D eigenvalue weighted by Gasteiger charge is 2.16. The van der Waals surface area contributed by atoms with Gasteiger partial charge in [-0.25, -0.2) is 9.97 Å². The van der Waals surface area contributed by atoms with Gasteiger partial charge in [0, 0.05) is 11.1 Å². The van der Waals surface area contributed by atoms with E-state index in [4.69, 9.17) is 0 Å². The summed E-state index contributed by atoms with van der Waals surface area (Å²) in [5.41, 5.74) is 4.82. The Kier molecular flexibility index (Phi) is 3.91. The Hall–Kier alpha value is -3.19. The second-order valence-corrected chi connectivity index (χ2v) is 6.20. The van der Waals surface area contributed by atoms with E-state index >= 15 is 0 Å². The van der Waals surface area contributed by atoms with Crippen LogP contribution in [0.25, 0.3) is 22.6 Å². The zero-order valence-corrected chi connectivity index (χ0v) is 13.9. The number of benzene rings is 2. The number of rotatable bonds is 4. The van der Waals surface area contributed by atoms with Crippen molar-refractivity contribution in [1.82, 2.24) is 14.5 Å². The van der Waals surface area contributed by atoms with E-state index in [0.29, 0.717) is 11.5 Å². The van der Waals surface area contributed by atoms with Gasteiger partial charge in [-0.15, -0.1) is 11.3 Å². The van der Waals surface area contributed by atoms with Gasteiger partial charge in [-0.3, -0.25) is 4.79 Å². The molecule has 25 heavy (non-hydrogen) atoms. The van der Waals surface area contributed by atoms with Gasteiger partial charge < -0.3 is 15.0 Å². The van der Waals surface area contributed by atoms with E-state index < -0.39 is 0 Å². The molecule has 7 heteroatoms. The van der Waals surface area contributed by atoms with E-state index in [9.17, 15) is 9.90 Å². The van der Waals surface area contributed by atoms with Crippen molar-refractivity contribution in [2.75, 3.05) is 5.32 Å². The lowest BCUT2D eigenvalue weighted by atomic mass is 10.3. The van der Waals surface area contributed by atoms with Gasteiger partial charge in [0.25, 0.3) is 0 Å². The standard InChI is InChI=1S/C18H14N4O2S/c23-13-7-5-12(6-8-13)20-17(24)9-22-16-4-2-1-3-14(16)21-18(22)15-10-25-11-19-15/h1-8,10-11,23H,9H2,(H,20,24). The number of carbonyl (C=O) groups is 1. The van der Waals surface area contributed by atoms with Crippen molar-refractivity contribution in [3.63, 3.8) is 0 Å². The van der Waals surface area contributed by atoms with Gasteiger partial charge in [-0.1, -0.05) is 12.1 Å². The predicted octanol–water partition coefficient (Wildman–Crippen LogP) is 3.50. The molecular formula is C18H14N4O2S. The van der Waals surface area contributed by atoms with Crippen molar-refractivity contribution >= 4 is 34.0 Å². The summed E-state index contributed by atoms with van der Waals surface area (Å²) in [6.45, 7) is 0.119. The van der Waals surface area contributed by atoms with Gasteiger partial charge in [-0.2, -0.15) is 0 Å². The lowest BCUT2D eigenvalue weighted by Gasteiger charge is -2.09. The van der Waals surface area contributed by atoms with Crippen LogP contribution in [0.4, 0.5) is 5.69 Å². The van der Waals surface area contributed by atoms with Crippen molar-refractivity contribution < 1.29 is 9.90 Å². The minimum Gasteiger partial charge on any atom is -0.508 e. The summed E-state index contributed by atoms with van der Waals surface area (Å²) in [5.74, 6) is 0.651. The molecule has 0 saturated heterocycles. The first-order valence-electron chi connectivity index (χ1n) is 7.63. The molecule has 0 atom stereocenters. The summed E-state index contributed by atoms with van der Waals surface area (Å²) in [4.78, 5) is 21.4. The summed E-state index contributed by atoms with van der Waals surface area (Å²) in [6, 6.07) is 14.1. The fourth-order valence-corrected chi connectivity index (χ4v) is 3.17. The van der Waals surface area contributed by atoms with E-state index in [0.717, 1.165) is 16.7 Å². The van der Waals surface area contributed by atoms with Crippen LogP contribution in [0, 0.1) is 0 Å². The molecule has 0 aliphatic carbocycles. The van der Waals surface area contributed by atoms with Gasteiger partial charge in [0.2, 0.25) is 5.91 Å². The zero-order valence-electron chi connectivity index (χ0n) is 13.1. The number of aromatic nitrogens is 3. The molecule has 6 nitrogen and oxygen atoms in total. The zero-order chi connectivity index (χ0) is 17.2. The smallest absolute Gasteiger partial charge is 0.244 e. The van der Waals surface area contributed by atoms with E-state index in [1.54, 1.807) is 17.6 Å². The lowest BCUT2D eigenvalue weighted by Crippen LogP contribution is -2.19. The first-order valence-corrected chi connectivity index (χ1v) is 8.58. The summed E-state index contributed by atoms with van der Waals surface area (Å²) < 4.78 is 1.86. The molecule has 124 valence electrons. The molecule has 2 aromatic heterocycles. The predicted molar refractivity (Wildman–Crippen MR) is 97.6 cm³/mol. The van der Waals surface area contributed by atoms with Gasteiger partial charge in [0.1, 0.15) is 18.0 Å². The van der Waals surface area contributed by atoms with E-state index in [2.05, 4.69) is 15.3 Å². The number of anilines is 1. The van der Waals surface area contributed by atoms with Crippen LogP contribution in [0.2, 0.25) is 0 Å². The summed E-state index contributed by atoms with van der Waals surface area (Å²) in [5, 5.41) is 14.1. The first-order chi connectivity index (χ1) is 12.2. The lowest BCUT2D eigenvalue weighted by molar-refractivity contribution is -0.116. The Morgan fingerprint density at radius 1 is 1.16 bits per heavy atom. The first kappa shape index (κ1) is 15.3. The Labute approximate surface area is 147 Å². The number of nitrogens with one attached hydrogen (secondary N) is 1. The maximum Gasteiger partial charge on any atom is 0.244 e. The number of phenols is 1. The Bertz CT molecular complexity index is 1020. The quantitative estimate of drug-likeness (QED) is 0.552. The number of imidazole rings is 1. The van der Waals surface area contributed by atoms with Crippen LogP contribution >= 0.6 is 11.3 Å². The molecule has 1 amide bonds. The third kappa shape index (κ3) is 3.09. The second-order valence-electron chi connectivity index (χ2n) is 5.48. The van der Waals surface area contributed by atoms with Crippen LogP contribution in [0.1, 0.15) is 0 Å².